The van der Waals surface area contributed by atoms with Gasteiger partial charge >= 0.3 is 6.01 Å². The summed E-state index contributed by atoms with van der Waals surface area (Å²) in [5.41, 5.74) is 5.23. The molecule has 0 saturated heterocycles. The Kier molecular flexibility index (Phi) is 3.92. The van der Waals surface area contributed by atoms with Crippen LogP contribution in [0.5, 0.6) is 11.8 Å². The summed E-state index contributed by atoms with van der Waals surface area (Å²) in [5, 5.41) is 0. The Morgan fingerprint density at radius 2 is 1.95 bits per heavy atom. The SMILES string of the molecule is COc1cc(F)cc(F)c1COc1ncc(F)c(N)n1. The molecule has 8 heteroatoms. The second-order valence-electron chi connectivity index (χ2n) is 3.74. The summed E-state index contributed by atoms with van der Waals surface area (Å²) in [6.45, 7) is -0.319. The van der Waals surface area contributed by atoms with Gasteiger partial charge < -0.3 is 15.2 Å². The fraction of sp³-hybridized carbons (Fsp3) is 0.167. The van der Waals surface area contributed by atoms with Crippen molar-refractivity contribution in [2.24, 2.45) is 0 Å². The van der Waals surface area contributed by atoms with Gasteiger partial charge in [-0.05, 0) is 0 Å². The minimum absolute atomic E-state index is 0.0135. The molecule has 2 rings (SSSR count). The smallest absolute Gasteiger partial charge is 0.318 e. The molecule has 1 heterocycles. The first kappa shape index (κ1) is 13.9. The lowest BCUT2D eigenvalue weighted by Crippen LogP contribution is -2.06. The summed E-state index contributed by atoms with van der Waals surface area (Å²) in [4.78, 5) is 7.05. The summed E-state index contributed by atoms with van der Waals surface area (Å²) >= 11 is 0. The van der Waals surface area contributed by atoms with E-state index in [9.17, 15) is 13.2 Å². The van der Waals surface area contributed by atoms with Crippen LogP contribution in [0.25, 0.3) is 0 Å². The highest BCUT2D eigenvalue weighted by atomic mass is 19.1. The molecule has 2 N–H and O–H groups in total. The van der Waals surface area contributed by atoms with Crippen molar-refractivity contribution < 1.29 is 22.6 Å². The van der Waals surface area contributed by atoms with Gasteiger partial charge in [-0.25, -0.2) is 18.2 Å². The number of ether oxygens (including phenoxy) is 2. The Balaban J connectivity index is 2.20. The lowest BCUT2D eigenvalue weighted by atomic mass is 10.2. The largest absolute Gasteiger partial charge is 0.496 e. The van der Waals surface area contributed by atoms with E-state index in [0.29, 0.717) is 6.07 Å². The Morgan fingerprint density at radius 1 is 1.20 bits per heavy atom. The van der Waals surface area contributed by atoms with E-state index >= 15 is 0 Å². The lowest BCUT2D eigenvalue weighted by molar-refractivity contribution is 0.266. The number of methoxy groups -OCH3 is 1. The summed E-state index contributed by atoms with van der Waals surface area (Å²) < 4.78 is 49.4. The summed E-state index contributed by atoms with van der Waals surface area (Å²) in [6.07, 6.45) is 0.829. The van der Waals surface area contributed by atoms with Crippen LogP contribution in [0.15, 0.2) is 18.3 Å². The molecule has 0 amide bonds. The third kappa shape index (κ3) is 2.90. The molecule has 0 unspecified atom stereocenters. The molecule has 2 aromatic rings. The molecule has 0 fully saturated rings. The monoisotopic (exact) mass is 285 g/mol. The highest BCUT2D eigenvalue weighted by molar-refractivity contribution is 5.35. The zero-order chi connectivity index (χ0) is 14.7. The molecule has 0 aliphatic carbocycles. The maximum Gasteiger partial charge on any atom is 0.318 e. The minimum Gasteiger partial charge on any atom is -0.496 e. The number of rotatable bonds is 4. The second-order valence-corrected chi connectivity index (χ2v) is 3.74. The van der Waals surface area contributed by atoms with Crippen LogP contribution >= 0.6 is 0 Å². The van der Waals surface area contributed by atoms with Gasteiger partial charge in [0.2, 0.25) is 0 Å². The summed E-state index contributed by atoms with van der Waals surface area (Å²) in [5.74, 6) is -2.80. The van der Waals surface area contributed by atoms with Crippen LogP contribution in [0, 0.1) is 17.5 Å². The van der Waals surface area contributed by atoms with Crippen molar-refractivity contribution in [3.05, 3.63) is 41.3 Å². The van der Waals surface area contributed by atoms with Crippen LogP contribution in [0.3, 0.4) is 0 Å². The number of halogens is 3. The van der Waals surface area contributed by atoms with E-state index in [1.807, 2.05) is 0 Å². The van der Waals surface area contributed by atoms with Crippen LogP contribution in [-0.2, 0) is 6.61 Å². The lowest BCUT2D eigenvalue weighted by Gasteiger charge is -2.10. The van der Waals surface area contributed by atoms with E-state index in [0.717, 1.165) is 12.3 Å². The maximum atomic E-state index is 13.6. The average Bonchev–Trinajstić information content (AvgIpc) is 2.40. The summed E-state index contributed by atoms with van der Waals surface area (Å²) in [7, 11) is 1.27. The Bertz CT molecular complexity index is 638. The number of nitrogens with zero attached hydrogens (tertiary/aromatic N) is 2. The average molecular weight is 285 g/mol. The van der Waals surface area contributed by atoms with Crippen LogP contribution in [0.1, 0.15) is 5.56 Å². The number of anilines is 1. The van der Waals surface area contributed by atoms with E-state index in [1.165, 1.54) is 7.11 Å². The fourth-order valence-electron chi connectivity index (χ4n) is 1.47. The normalized spacial score (nSPS) is 10.4. The van der Waals surface area contributed by atoms with Crippen LogP contribution < -0.4 is 15.2 Å². The predicted molar refractivity (Wildman–Crippen MR) is 63.6 cm³/mol. The molecule has 106 valence electrons. The van der Waals surface area contributed by atoms with Gasteiger partial charge in [0, 0.05) is 12.1 Å². The third-order valence-corrected chi connectivity index (χ3v) is 2.43. The molecule has 0 aliphatic heterocycles. The quantitative estimate of drug-likeness (QED) is 0.931. The molecule has 20 heavy (non-hydrogen) atoms. The van der Waals surface area contributed by atoms with Gasteiger partial charge in [0.25, 0.3) is 0 Å². The Labute approximate surface area is 112 Å². The Hall–Kier alpha value is -2.51. The molecule has 0 bridgehead atoms. The second kappa shape index (κ2) is 5.64. The minimum atomic E-state index is -0.836. The van der Waals surface area contributed by atoms with Gasteiger partial charge in [-0.1, -0.05) is 0 Å². The van der Waals surface area contributed by atoms with Crippen LogP contribution in [0.2, 0.25) is 0 Å². The summed E-state index contributed by atoms with van der Waals surface area (Å²) in [6, 6.07) is 1.48. The van der Waals surface area contributed by atoms with E-state index in [1.54, 1.807) is 0 Å². The van der Waals surface area contributed by atoms with Gasteiger partial charge in [-0.15, -0.1) is 0 Å². The van der Waals surface area contributed by atoms with Gasteiger partial charge in [0.15, 0.2) is 11.6 Å². The molecular formula is C12H10F3N3O2. The third-order valence-electron chi connectivity index (χ3n) is 2.43. The molecule has 0 radical (unpaired) electrons. The van der Waals surface area contributed by atoms with E-state index in [-0.39, 0.29) is 29.7 Å². The zero-order valence-electron chi connectivity index (χ0n) is 10.4. The predicted octanol–water partition coefficient (Wildman–Crippen LogP) is 2.06. The Morgan fingerprint density at radius 3 is 2.60 bits per heavy atom. The molecule has 1 aromatic carbocycles. The molecule has 5 nitrogen and oxygen atoms in total. The van der Waals surface area contributed by atoms with Crippen LogP contribution in [-0.4, -0.2) is 17.1 Å². The van der Waals surface area contributed by atoms with Gasteiger partial charge in [0.05, 0.1) is 18.9 Å². The highest BCUT2D eigenvalue weighted by Gasteiger charge is 2.14. The standard InChI is InChI=1S/C12H10F3N3O2/c1-19-10-3-6(13)2-8(14)7(10)5-20-12-17-4-9(15)11(16)18-12/h2-4H,5H2,1H3,(H2,16,17,18). The van der Waals surface area contributed by atoms with Gasteiger partial charge in [0.1, 0.15) is 24.0 Å². The van der Waals surface area contributed by atoms with E-state index < -0.39 is 17.5 Å². The van der Waals surface area contributed by atoms with Crippen molar-refractivity contribution in [1.82, 2.24) is 9.97 Å². The van der Waals surface area contributed by atoms with Gasteiger partial charge in [-0.2, -0.15) is 4.98 Å². The van der Waals surface area contributed by atoms with E-state index in [4.69, 9.17) is 15.2 Å². The molecule has 0 spiro atoms. The van der Waals surface area contributed by atoms with Crippen molar-refractivity contribution in [2.45, 2.75) is 6.61 Å². The first-order valence-corrected chi connectivity index (χ1v) is 5.44. The molecule has 1 aromatic heterocycles. The molecule has 0 aliphatic rings. The number of nitrogen functional groups attached to an aromatic ring is 1. The highest BCUT2D eigenvalue weighted by Crippen LogP contribution is 2.24. The van der Waals surface area contributed by atoms with Crippen molar-refractivity contribution in [3.8, 4) is 11.8 Å². The zero-order valence-corrected chi connectivity index (χ0v) is 10.4. The van der Waals surface area contributed by atoms with Crippen molar-refractivity contribution in [3.63, 3.8) is 0 Å². The maximum absolute atomic E-state index is 13.6. The first-order valence-electron chi connectivity index (χ1n) is 5.44. The number of benzene rings is 1. The van der Waals surface area contributed by atoms with Crippen molar-refractivity contribution in [2.75, 3.05) is 12.8 Å². The van der Waals surface area contributed by atoms with E-state index in [2.05, 4.69) is 9.97 Å². The number of nitrogens with two attached hydrogens (primary N) is 1. The van der Waals surface area contributed by atoms with Crippen molar-refractivity contribution in [1.29, 1.82) is 0 Å². The fourth-order valence-corrected chi connectivity index (χ4v) is 1.47. The van der Waals surface area contributed by atoms with Crippen LogP contribution in [0.4, 0.5) is 19.0 Å². The molecule has 0 atom stereocenters. The molecular weight excluding hydrogens is 275 g/mol. The molecule has 0 saturated carbocycles. The number of hydrogen-bond donors (Lipinski definition) is 1. The number of aromatic nitrogens is 2. The first-order chi connectivity index (χ1) is 9.51. The topological polar surface area (TPSA) is 70.3 Å². The van der Waals surface area contributed by atoms with Gasteiger partial charge in [-0.3, -0.25) is 0 Å². The van der Waals surface area contributed by atoms with Crippen molar-refractivity contribution >= 4 is 5.82 Å². The number of hydrogen-bond acceptors (Lipinski definition) is 5.